The summed E-state index contributed by atoms with van der Waals surface area (Å²) in [6, 6.07) is 5.09. The summed E-state index contributed by atoms with van der Waals surface area (Å²) < 4.78 is 0. The molecule has 70 valence electrons. The molecule has 0 unspecified atom stereocenters. The SMILES string of the molecule is Nc1ccnc(-c2ncccc2Cl)n1. The fourth-order valence-electron chi connectivity index (χ4n) is 1.04. The molecule has 0 aliphatic heterocycles. The molecule has 0 saturated carbocycles. The van der Waals surface area contributed by atoms with Crippen molar-refractivity contribution in [2.75, 3.05) is 5.73 Å². The van der Waals surface area contributed by atoms with Crippen molar-refractivity contribution in [1.29, 1.82) is 0 Å². The first-order chi connectivity index (χ1) is 6.77. The predicted molar refractivity (Wildman–Crippen MR) is 54.7 cm³/mol. The third kappa shape index (κ3) is 1.65. The fourth-order valence-corrected chi connectivity index (χ4v) is 1.24. The third-order valence-corrected chi connectivity index (χ3v) is 1.95. The maximum absolute atomic E-state index is 5.93. The number of nitrogens with zero attached hydrogens (tertiary/aromatic N) is 3. The van der Waals surface area contributed by atoms with Gasteiger partial charge < -0.3 is 5.73 Å². The van der Waals surface area contributed by atoms with Gasteiger partial charge in [0.25, 0.3) is 0 Å². The van der Waals surface area contributed by atoms with Crippen LogP contribution < -0.4 is 5.73 Å². The van der Waals surface area contributed by atoms with Gasteiger partial charge >= 0.3 is 0 Å². The van der Waals surface area contributed by atoms with Gasteiger partial charge in [-0.2, -0.15) is 0 Å². The van der Waals surface area contributed by atoms with Gasteiger partial charge in [-0.15, -0.1) is 0 Å². The van der Waals surface area contributed by atoms with E-state index in [9.17, 15) is 0 Å². The highest BCUT2D eigenvalue weighted by Gasteiger charge is 2.06. The number of hydrogen-bond donors (Lipinski definition) is 1. The van der Waals surface area contributed by atoms with E-state index in [-0.39, 0.29) is 0 Å². The van der Waals surface area contributed by atoms with Crippen LogP contribution in [0.15, 0.2) is 30.6 Å². The lowest BCUT2D eigenvalue weighted by Gasteiger charge is -2.00. The standard InChI is InChI=1S/C9H7ClN4/c10-6-2-1-4-12-8(6)9-13-5-3-7(11)14-9/h1-5H,(H2,11,13,14). The Labute approximate surface area is 85.8 Å². The molecule has 0 fully saturated rings. The molecule has 2 N–H and O–H groups in total. The van der Waals surface area contributed by atoms with Crippen LogP contribution in [0.1, 0.15) is 0 Å². The lowest BCUT2D eigenvalue weighted by atomic mass is 10.3. The number of rotatable bonds is 1. The zero-order valence-corrected chi connectivity index (χ0v) is 7.94. The Kier molecular flexibility index (Phi) is 2.28. The Morgan fingerprint density at radius 3 is 2.71 bits per heavy atom. The summed E-state index contributed by atoms with van der Waals surface area (Å²) >= 11 is 5.93. The molecule has 0 amide bonds. The summed E-state index contributed by atoms with van der Waals surface area (Å²) in [6.07, 6.45) is 3.20. The number of nitrogen functional groups attached to an aromatic ring is 1. The van der Waals surface area contributed by atoms with E-state index in [0.717, 1.165) is 0 Å². The smallest absolute Gasteiger partial charge is 0.181 e. The second kappa shape index (κ2) is 3.59. The van der Waals surface area contributed by atoms with Gasteiger partial charge in [0, 0.05) is 12.4 Å². The number of aromatic nitrogens is 3. The van der Waals surface area contributed by atoms with Crippen LogP contribution in [0, 0.1) is 0 Å². The van der Waals surface area contributed by atoms with Crippen molar-refractivity contribution in [1.82, 2.24) is 15.0 Å². The minimum Gasteiger partial charge on any atom is -0.384 e. The second-order valence-corrected chi connectivity index (χ2v) is 3.05. The van der Waals surface area contributed by atoms with Gasteiger partial charge in [-0.1, -0.05) is 11.6 Å². The molecule has 2 aromatic heterocycles. The van der Waals surface area contributed by atoms with Gasteiger partial charge in [0.2, 0.25) is 0 Å². The first-order valence-electron chi connectivity index (χ1n) is 3.97. The van der Waals surface area contributed by atoms with Crippen LogP contribution >= 0.6 is 11.6 Å². The Balaban J connectivity index is 2.55. The quantitative estimate of drug-likeness (QED) is 0.773. The molecule has 0 saturated heterocycles. The molecule has 2 heterocycles. The van der Waals surface area contributed by atoms with Crippen LogP contribution in [-0.2, 0) is 0 Å². The van der Waals surface area contributed by atoms with Gasteiger partial charge in [-0.3, -0.25) is 4.98 Å². The van der Waals surface area contributed by atoms with Crippen molar-refractivity contribution < 1.29 is 0 Å². The highest BCUT2D eigenvalue weighted by molar-refractivity contribution is 6.32. The predicted octanol–water partition coefficient (Wildman–Crippen LogP) is 1.77. The van der Waals surface area contributed by atoms with E-state index >= 15 is 0 Å². The van der Waals surface area contributed by atoms with E-state index in [4.69, 9.17) is 17.3 Å². The fraction of sp³-hybridized carbons (Fsp3) is 0. The Morgan fingerprint density at radius 1 is 1.14 bits per heavy atom. The molecule has 2 rings (SSSR count). The van der Waals surface area contributed by atoms with Crippen LogP contribution in [-0.4, -0.2) is 15.0 Å². The van der Waals surface area contributed by atoms with E-state index < -0.39 is 0 Å². The topological polar surface area (TPSA) is 64.7 Å². The summed E-state index contributed by atoms with van der Waals surface area (Å²) in [5.41, 5.74) is 6.07. The highest BCUT2D eigenvalue weighted by Crippen LogP contribution is 2.21. The highest BCUT2D eigenvalue weighted by atomic mass is 35.5. The van der Waals surface area contributed by atoms with Crippen molar-refractivity contribution in [2.45, 2.75) is 0 Å². The first-order valence-corrected chi connectivity index (χ1v) is 4.34. The molecule has 0 aliphatic rings. The summed E-state index contributed by atoms with van der Waals surface area (Å²) in [6.45, 7) is 0. The minimum absolute atomic E-state index is 0.400. The molecule has 0 spiro atoms. The number of halogens is 1. The minimum atomic E-state index is 0.400. The molecule has 0 bridgehead atoms. The monoisotopic (exact) mass is 206 g/mol. The summed E-state index contributed by atoms with van der Waals surface area (Å²) in [4.78, 5) is 12.1. The number of pyridine rings is 1. The molecule has 5 heteroatoms. The Hall–Kier alpha value is -1.68. The van der Waals surface area contributed by atoms with Crippen molar-refractivity contribution in [2.24, 2.45) is 0 Å². The van der Waals surface area contributed by atoms with Crippen LogP contribution in [0.4, 0.5) is 5.82 Å². The zero-order chi connectivity index (χ0) is 9.97. The second-order valence-electron chi connectivity index (χ2n) is 2.64. The van der Waals surface area contributed by atoms with Crippen molar-refractivity contribution >= 4 is 17.4 Å². The molecule has 0 atom stereocenters. The Bertz CT molecular complexity index is 458. The van der Waals surface area contributed by atoms with Crippen LogP contribution in [0.2, 0.25) is 5.02 Å². The van der Waals surface area contributed by atoms with Crippen LogP contribution in [0.3, 0.4) is 0 Å². The number of anilines is 1. The van der Waals surface area contributed by atoms with Crippen LogP contribution in [0.5, 0.6) is 0 Å². The van der Waals surface area contributed by atoms with Crippen LogP contribution in [0.25, 0.3) is 11.5 Å². The largest absolute Gasteiger partial charge is 0.384 e. The van der Waals surface area contributed by atoms with Gasteiger partial charge in [0.05, 0.1) is 5.02 Å². The van der Waals surface area contributed by atoms with E-state index in [1.807, 2.05) is 0 Å². The third-order valence-electron chi connectivity index (χ3n) is 1.65. The van der Waals surface area contributed by atoms with Crippen molar-refractivity contribution in [3.8, 4) is 11.5 Å². The first kappa shape index (κ1) is 8.90. The molecule has 14 heavy (non-hydrogen) atoms. The average molecular weight is 207 g/mol. The Morgan fingerprint density at radius 2 is 2.00 bits per heavy atom. The van der Waals surface area contributed by atoms with Crippen molar-refractivity contribution in [3.05, 3.63) is 35.6 Å². The summed E-state index contributed by atoms with van der Waals surface area (Å²) in [5.74, 6) is 0.840. The molecular weight excluding hydrogens is 200 g/mol. The normalized spacial score (nSPS) is 10.1. The molecule has 0 radical (unpaired) electrons. The molecule has 4 nitrogen and oxygen atoms in total. The number of hydrogen-bond acceptors (Lipinski definition) is 4. The van der Waals surface area contributed by atoms with E-state index in [0.29, 0.717) is 22.4 Å². The summed E-state index contributed by atoms with van der Waals surface area (Å²) in [5, 5.41) is 0.512. The van der Waals surface area contributed by atoms with Gasteiger partial charge in [0.15, 0.2) is 5.82 Å². The van der Waals surface area contributed by atoms with E-state index in [1.54, 1.807) is 30.6 Å². The molecule has 0 aromatic carbocycles. The van der Waals surface area contributed by atoms with E-state index in [1.165, 1.54) is 0 Å². The lowest BCUT2D eigenvalue weighted by molar-refractivity contribution is 1.15. The maximum atomic E-state index is 5.93. The summed E-state index contributed by atoms with van der Waals surface area (Å²) in [7, 11) is 0. The van der Waals surface area contributed by atoms with Gasteiger partial charge in [-0.25, -0.2) is 9.97 Å². The molecule has 0 aliphatic carbocycles. The molecular formula is C9H7ClN4. The maximum Gasteiger partial charge on any atom is 0.181 e. The zero-order valence-electron chi connectivity index (χ0n) is 7.18. The lowest BCUT2D eigenvalue weighted by Crippen LogP contribution is -1.96. The van der Waals surface area contributed by atoms with Crippen molar-refractivity contribution in [3.63, 3.8) is 0 Å². The van der Waals surface area contributed by atoms with Gasteiger partial charge in [0.1, 0.15) is 11.5 Å². The average Bonchev–Trinajstić information content (AvgIpc) is 2.18. The van der Waals surface area contributed by atoms with Gasteiger partial charge in [-0.05, 0) is 18.2 Å². The van der Waals surface area contributed by atoms with E-state index in [2.05, 4.69) is 15.0 Å². The number of nitrogens with two attached hydrogens (primary N) is 1. The molecule has 2 aromatic rings.